The summed E-state index contributed by atoms with van der Waals surface area (Å²) in [6.07, 6.45) is 7.29. The van der Waals surface area contributed by atoms with Crippen molar-refractivity contribution in [2.45, 2.75) is 19.5 Å². The first-order valence-corrected chi connectivity index (χ1v) is 12.5. The Hall–Kier alpha value is -3.97. The Labute approximate surface area is 218 Å². The minimum absolute atomic E-state index is 0.171. The van der Waals surface area contributed by atoms with E-state index in [9.17, 15) is 14.4 Å². The first-order chi connectivity index (χ1) is 17.8. The first kappa shape index (κ1) is 24.7. The summed E-state index contributed by atoms with van der Waals surface area (Å²) in [5.74, 6) is 0.257. The number of benzene rings is 1. The van der Waals surface area contributed by atoms with Gasteiger partial charge in [0, 0.05) is 39.6 Å². The van der Waals surface area contributed by atoms with Crippen LogP contribution in [-0.4, -0.2) is 52.8 Å². The average molecular weight is 543 g/mol. The Morgan fingerprint density at radius 1 is 1.19 bits per heavy atom. The maximum absolute atomic E-state index is 13.7. The van der Waals surface area contributed by atoms with E-state index in [0.717, 1.165) is 4.57 Å². The first-order valence-electron chi connectivity index (χ1n) is 11.3. The lowest BCUT2D eigenvalue weighted by atomic mass is 10.3. The maximum Gasteiger partial charge on any atom is 0.332 e. The Bertz CT molecular complexity index is 1730. The van der Waals surface area contributed by atoms with Crippen LogP contribution < -0.4 is 20.9 Å². The van der Waals surface area contributed by atoms with Gasteiger partial charge in [0.1, 0.15) is 17.8 Å². The summed E-state index contributed by atoms with van der Waals surface area (Å²) in [6, 6.07) is 3.46. The Kier molecular flexibility index (Phi) is 6.56. The lowest BCUT2D eigenvalue weighted by Crippen LogP contribution is -2.39. The number of aromatic nitrogens is 7. The average Bonchev–Trinajstić information content (AvgIpc) is 3.65. The highest BCUT2D eigenvalue weighted by Gasteiger charge is 2.24. The lowest BCUT2D eigenvalue weighted by Gasteiger charge is -2.20. The Morgan fingerprint density at radius 2 is 2.00 bits per heavy atom. The second-order valence-electron chi connectivity index (χ2n) is 8.37. The van der Waals surface area contributed by atoms with Crippen LogP contribution in [0.5, 0.6) is 5.75 Å². The van der Waals surface area contributed by atoms with Crippen LogP contribution in [0.1, 0.15) is 6.42 Å². The topological polar surface area (TPSA) is 122 Å². The summed E-state index contributed by atoms with van der Waals surface area (Å²) in [7, 11) is 4.47. The number of amides is 1. The molecule has 0 radical (unpaired) electrons. The number of methoxy groups -OCH3 is 1. The van der Waals surface area contributed by atoms with E-state index < -0.39 is 11.2 Å². The number of rotatable bonds is 8. The monoisotopic (exact) mass is 542 g/mol. The zero-order chi connectivity index (χ0) is 26.3. The van der Waals surface area contributed by atoms with E-state index in [1.807, 2.05) is 10.8 Å². The maximum atomic E-state index is 13.7. The number of fused-ring (bicyclic) bond motifs is 2. The molecule has 0 saturated heterocycles. The number of aryl methyl sites for hydroxylation is 2. The van der Waals surface area contributed by atoms with Gasteiger partial charge in [-0.1, -0.05) is 22.9 Å². The number of thiazole rings is 1. The number of nitrogens with zero attached hydrogens (tertiary/aromatic N) is 8. The van der Waals surface area contributed by atoms with Crippen molar-refractivity contribution in [3.05, 3.63) is 63.0 Å². The van der Waals surface area contributed by atoms with Crippen molar-refractivity contribution >= 4 is 55.4 Å². The number of anilines is 1. The van der Waals surface area contributed by atoms with E-state index >= 15 is 0 Å². The van der Waals surface area contributed by atoms with Crippen LogP contribution in [0.4, 0.5) is 5.13 Å². The molecule has 5 aromatic rings. The number of imidazole rings is 2. The summed E-state index contributed by atoms with van der Waals surface area (Å²) >= 11 is 7.71. The molecule has 0 spiro atoms. The van der Waals surface area contributed by atoms with Crippen LogP contribution in [0, 0.1) is 0 Å². The standard InChI is InChI=1S/C23H23ClN8O4S/c1-28-20-18(21(34)29(2)23(28)35)31(13-26-20)11-16(33)32(9-4-8-30-10-7-25-12-30)22-27-17-15(36-3)6-5-14(24)19(17)37-22/h5-7,10,12-13H,4,8-9,11H2,1-3H3. The van der Waals surface area contributed by atoms with Gasteiger partial charge in [-0.05, 0) is 18.6 Å². The smallest absolute Gasteiger partial charge is 0.332 e. The molecule has 0 aliphatic heterocycles. The van der Waals surface area contributed by atoms with E-state index in [4.69, 9.17) is 16.3 Å². The molecule has 4 heterocycles. The molecular weight excluding hydrogens is 520 g/mol. The highest BCUT2D eigenvalue weighted by atomic mass is 35.5. The third-order valence-electron chi connectivity index (χ3n) is 6.08. The molecule has 192 valence electrons. The molecule has 0 saturated carbocycles. The third kappa shape index (κ3) is 4.40. The molecule has 0 N–H and O–H groups in total. The molecule has 0 bridgehead atoms. The molecule has 1 amide bonds. The number of hydrogen-bond donors (Lipinski definition) is 0. The molecule has 37 heavy (non-hydrogen) atoms. The van der Waals surface area contributed by atoms with Crippen LogP contribution in [-0.2, 0) is 32.0 Å². The Balaban J connectivity index is 1.52. The molecule has 0 unspecified atom stereocenters. The normalized spacial score (nSPS) is 11.5. The third-order valence-corrected chi connectivity index (χ3v) is 7.62. The van der Waals surface area contributed by atoms with Crippen molar-refractivity contribution < 1.29 is 9.53 Å². The van der Waals surface area contributed by atoms with Gasteiger partial charge in [-0.2, -0.15) is 0 Å². The van der Waals surface area contributed by atoms with E-state index in [2.05, 4.69) is 15.0 Å². The number of halogens is 1. The summed E-state index contributed by atoms with van der Waals surface area (Å²) in [5, 5.41) is 0.970. The van der Waals surface area contributed by atoms with Gasteiger partial charge >= 0.3 is 5.69 Å². The quantitative estimate of drug-likeness (QED) is 0.294. The van der Waals surface area contributed by atoms with E-state index in [-0.39, 0.29) is 23.6 Å². The molecule has 1 aromatic carbocycles. The summed E-state index contributed by atoms with van der Waals surface area (Å²) in [6.45, 7) is 0.838. The van der Waals surface area contributed by atoms with E-state index in [1.165, 1.54) is 40.9 Å². The molecule has 0 atom stereocenters. The van der Waals surface area contributed by atoms with E-state index in [0.29, 0.717) is 45.6 Å². The number of carbonyl (C=O) groups is 1. The zero-order valence-electron chi connectivity index (χ0n) is 20.3. The van der Waals surface area contributed by atoms with Crippen molar-refractivity contribution in [1.82, 2.24) is 33.2 Å². The van der Waals surface area contributed by atoms with Gasteiger partial charge in [0.25, 0.3) is 5.56 Å². The number of carbonyl (C=O) groups excluding carboxylic acids is 1. The lowest BCUT2D eigenvalue weighted by molar-refractivity contribution is -0.119. The summed E-state index contributed by atoms with van der Waals surface area (Å²) in [5.41, 5.74) is -0.0594. The predicted molar refractivity (Wildman–Crippen MR) is 141 cm³/mol. The summed E-state index contributed by atoms with van der Waals surface area (Å²) < 4.78 is 11.8. The van der Waals surface area contributed by atoms with Crippen LogP contribution in [0.15, 0.2) is 46.8 Å². The van der Waals surface area contributed by atoms with Gasteiger partial charge in [0.2, 0.25) is 5.91 Å². The van der Waals surface area contributed by atoms with Crippen molar-refractivity contribution in [3.8, 4) is 5.75 Å². The fourth-order valence-corrected chi connectivity index (χ4v) is 5.43. The molecule has 4 aromatic heterocycles. The van der Waals surface area contributed by atoms with Crippen molar-refractivity contribution in [1.29, 1.82) is 0 Å². The van der Waals surface area contributed by atoms with Gasteiger partial charge in [-0.25, -0.2) is 19.7 Å². The summed E-state index contributed by atoms with van der Waals surface area (Å²) in [4.78, 5) is 53.4. The molecule has 14 heteroatoms. The minimum atomic E-state index is -0.522. The SMILES string of the molecule is COc1ccc(Cl)c2sc(N(CCCn3ccnc3)C(=O)Cn3cnc4c3c(=O)n(C)c(=O)n4C)nc12. The van der Waals surface area contributed by atoms with Crippen LogP contribution in [0.3, 0.4) is 0 Å². The fourth-order valence-electron chi connectivity index (χ4n) is 4.13. The van der Waals surface area contributed by atoms with E-state index in [1.54, 1.807) is 36.7 Å². The molecule has 12 nitrogen and oxygen atoms in total. The van der Waals surface area contributed by atoms with Crippen LogP contribution in [0.25, 0.3) is 21.4 Å². The van der Waals surface area contributed by atoms with Crippen molar-refractivity contribution in [2.24, 2.45) is 14.1 Å². The van der Waals surface area contributed by atoms with Crippen molar-refractivity contribution in [2.75, 3.05) is 18.6 Å². The van der Waals surface area contributed by atoms with Crippen LogP contribution >= 0.6 is 22.9 Å². The number of hydrogen-bond acceptors (Lipinski definition) is 8. The number of ether oxygens (including phenoxy) is 1. The molecule has 0 aliphatic carbocycles. The highest BCUT2D eigenvalue weighted by molar-refractivity contribution is 7.23. The second-order valence-corrected chi connectivity index (χ2v) is 9.76. The van der Waals surface area contributed by atoms with Gasteiger partial charge in [-0.3, -0.25) is 23.6 Å². The van der Waals surface area contributed by atoms with Crippen LogP contribution in [0.2, 0.25) is 5.02 Å². The minimum Gasteiger partial charge on any atom is -0.494 e. The van der Waals surface area contributed by atoms with Gasteiger partial charge < -0.3 is 13.9 Å². The van der Waals surface area contributed by atoms with Crippen molar-refractivity contribution in [3.63, 3.8) is 0 Å². The molecule has 0 fully saturated rings. The predicted octanol–water partition coefficient (Wildman–Crippen LogP) is 2.03. The zero-order valence-corrected chi connectivity index (χ0v) is 21.9. The van der Waals surface area contributed by atoms with Gasteiger partial charge in [0.15, 0.2) is 16.3 Å². The largest absolute Gasteiger partial charge is 0.494 e. The van der Waals surface area contributed by atoms with Gasteiger partial charge in [-0.15, -0.1) is 0 Å². The van der Waals surface area contributed by atoms with Gasteiger partial charge in [0.05, 0.1) is 29.5 Å². The molecule has 0 aliphatic rings. The molecular formula is C23H23ClN8O4S. The second kappa shape index (κ2) is 9.82. The Morgan fingerprint density at radius 3 is 2.73 bits per heavy atom. The highest BCUT2D eigenvalue weighted by Crippen LogP contribution is 2.38. The fraction of sp³-hybridized carbons (Fsp3) is 0.304. The molecule has 5 rings (SSSR count).